The van der Waals surface area contributed by atoms with E-state index in [1.807, 2.05) is 0 Å². The molecule has 70 valence electrons. The molecule has 0 aliphatic heterocycles. The minimum absolute atomic E-state index is 0.372. The van der Waals surface area contributed by atoms with Crippen LogP contribution < -0.4 is 4.72 Å². The normalized spacial score (nSPS) is 11.5. The number of sulfonamides is 1. The van der Waals surface area contributed by atoms with Crippen LogP contribution in [0.3, 0.4) is 0 Å². The smallest absolute Gasteiger partial charge is 0.213 e. The molecule has 0 atom stereocenters. The average Bonchev–Trinajstić information content (AvgIpc) is 1.98. The molecule has 0 aliphatic carbocycles. The highest BCUT2D eigenvalue weighted by molar-refractivity contribution is 7.90. The molecule has 1 N–H and O–H groups in total. The van der Waals surface area contributed by atoms with Gasteiger partial charge < -0.3 is 0 Å². The van der Waals surface area contributed by atoms with Crippen LogP contribution in [0.1, 0.15) is 26.7 Å². The lowest BCUT2D eigenvalue weighted by Gasteiger charge is -2.07. The summed E-state index contributed by atoms with van der Waals surface area (Å²) in [4.78, 5) is 0. The topological polar surface area (TPSA) is 46.2 Å². The molecular weight excluding hydrogens is 174 g/mol. The minimum atomic E-state index is -3.10. The van der Waals surface area contributed by atoms with Gasteiger partial charge in [0, 0.05) is 13.0 Å². The molecule has 0 fully saturated rings. The largest absolute Gasteiger partial charge is 0.215 e. The molecular formula is C8H15NO2S. The zero-order valence-corrected chi connectivity index (χ0v) is 8.32. The van der Waals surface area contributed by atoms with Gasteiger partial charge in [0.15, 0.2) is 0 Å². The van der Waals surface area contributed by atoms with Gasteiger partial charge in [-0.25, -0.2) is 13.1 Å². The van der Waals surface area contributed by atoms with Crippen LogP contribution in [0.5, 0.6) is 0 Å². The number of hydrogen-bond donors (Lipinski definition) is 1. The summed E-state index contributed by atoms with van der Waals surface area (Å²) in [7, 11) is -3.10. The highest BCUT2D eigenvalue weighted by atomic mass is 32.2. The summed E-state index contributed by atoms with van der Waals surface area (Å²) < 4.78 is 24.7. The third-order valence-electron chi connectivity index (χ3n) is 1.42. The second-order valence-corrected chi connectivity index (χ2v) is 5.12. The van der Waals surface area contributed by atoms with Crippen LogP contribution in [0.25, 0.3) is 0 Å². The monoisotopic (exact) mass is 189 g/mol. The first kappa shape index (κ1) is 11.5. The molecule has 0 aromatic heterocycles. The Morgan fingerprint density at radius 3 is 2.50 bits per heavy atom. The van der Waals surface area contributed by atoms with E-state index in [-0.39, 0.29) is 5.25 Å². The van der Waals surface area contributed by atoms with E-state index in [0.717, 1.165) is 0 Å². The van der Waals surface area contributed by atoms with Crippen molar-refractivity contribution in [2.75, 3.05) is 6.54 Å². The predicted molar refractivity (Wildman–Crippen MR) is 50.1 cm³/mol. The molecule has 0 aromatic carbocycles. The Morgan fingerprint density at radius 1 is 1.50 bits per heavy atom. The maximum Gasteiger partial charge on any atom is 0.213 e. The minimum Gasteiger partial charge on any atom is -0.215 e. The fourth-order valence-electron chi connectivity index (χ4n) is 0.572. The van der Waals surface area contributed by atoms with E-state index in [9.17, 15) is 8.42 Å². The lowest BCUT2D eigenvalue weighted by atomic mass is 10.3. The fraction of sp³-hybridized carbons (Fsp3) is 0.750. The predicted octanol–water partition coefficient (Wildman–Crippen LogP) is 0.728. The zero-order valence-electron chi connectivity index (χ0n) is 7.50. The summed E-state index contributed by atoms with van der Waals surface area (Å²) in [6, 6.07) is 0. The molecule has 0 saturated carbocycles. The Morgan fingerprint density at radius 2 is 2.08 bits per heavy atom. The van der Waals surface area contributed by atoms with Gasteiger partial charge in [-0.1, -0.05) is 0 Å². The number of unbranched alkanes of at least 4 members (excludes halogenated alkanes) is 1. The average molecular weight is 189 g/mol. The van der Waals surface area contributed by atoms with Crippen molar-refractivity contribution in [3.63, 3.8) is 0 Å². The highest BCUT2D eigenvalue weighted by Gasteiger charge is 2.13. The molecule has 3 nitrogen and oxygen atoms in total. The van der Waals surface area contributed by atoms with Gasteiger partial charge in [0.1, 0.15) is 0 Å². The first-order valence-electron chi connectivity index (χ1n) is 3.92. The number of rotatable bonds is 5. The fourth-order valence-corrected chi connectivity index (χ4v) is 1.33. The molecule has 0 radical (unpaired) electrons. The van der Waals surface area contributed by atoms with Gasteiger partial charge in [0.05, 0.1) is 5.25 Å². The highest BCUT2D eigenvalue weighted by Crippen LogP contribution is 1.96. The van der Waals surface area contributed by atoms with Gasteiger partial charge in [-0.3, -0.25) is 0 Å². The molecule has 4 heteroatoms. The van der Waals surface area contributed by atoms with E-state index >= 15 is 0 Å². The van der Waals surface area contributed by atoms with Gasteiger partial charge >= 0.3 is 0 Å². The lowest BCUT2D eigenvalue weighted by molar-refractivity contribution is 0.570. The second kappa shape index (κ2) is 5.18. The number of hydrogen-bond acceptors (Lipinski definition) is 2. The van der Waals surface area contributed by atoms with E-state index < -0.39 is 10.0 Å². The molecule has 0 amide bonds. The third kappa shape index (κ3) is 4.37. The molecule has 0 saturated heterocycles. The van der Waals surface area contributed by atoms with Crippen LogP contribution >= 0.6 is 0 Å². The van der Waals surface area contributed by atoms with E-state index in [4.69, 9.17) is 6.42 Å². The quantitative estimate of drug-likeness (QED) is 0.512. The summed E-state index contributed by atoms with van der Waals surface area (Å²) in [5.74, 6) is 2.45. The van der Waals surface area contributed by atoms with Crippen LogP contribution in [0.15, 0.2) is 0 Å². The van der Waals surface area contributed by atoms with Gasteiger partial charge in [0.25, 0.3) is 0 Å². The summed E-state index contributed by atoms with van der Waals surface area (Å²) in [6.45, 7) is 3.72. The van der Waals surface area contributed by atoms with Crippen molar-refractivity contribution in [2.45, 2.75) is 31.9 Å². The molecule has 0 aliphatic rings. The van der Waals surface area contributed by atoms with Crippen molar-refractivity contribution < 1.29 is 8.42 Å². The molecule has 0 heterocycles. The van der Waals surface area contributed by atoms with Crippen LogP contribution in [0.4, 0.5) is 0 Å². The SMILES string of the molecule is C#CCCCNS(=O)(=O)C(C)C. The Labute approximate surface area is 74.6 Å². The Bertz CT molecular complexity index is 249. The van der Waals surface area contributed by atoms with E-state index in [2.05, 4.69) is 10.6 Å². The molecule has 0 bridgehead atoms. The molecule has 12 heavy (non-hydrogen) atoms. The van der Waals surface area contributed by atoms with Crippen LogP contribution in [-0.4, -0.2) is 20.2 Å². The van der Waals surface area contributed by atoms with E-state index in [1.165, 1.54) is 0 Å². The van der Waals surface area contributed by atoms with E-state index in [1.54, 1.807) is 13.8 Å². The van der Waals surface area contributed by atoms with Crippen LogP contribution in [-0.2, 0) is 10.0 Å². The van der Waals surface area contributed by atoms with Crippen molar-refractivity contribution in [1.82, 2.24) is 4.72 Å². The summed E-state index contributed by atoms with van der Waals surface area (Å²) in [5.41, 5.74) is 0. The summed E-state index contributed by atoms with van der Waals surface area (Å²) >= 11 is 0. The molecule has 0 rings (SSSR count). The van der Waals surface area contributed by atoms with Gasteiger partial charge in [0.2, 0.25) is 10.0 Å². The van der Waals surface area contributed by atoms with Crippen molar-refractivity contribution in [2.24, 2.45) is 0 Å². The Hall–Kier alpha value is -0.530. The summed E-state index contributed by atoms with van der Waals surface area (Å²) in [5, 5.41) is -0.372. The van der Waals surface area contributed by atoms with Gasteiger partial charge in [-0.15, -0.1) is 12.3 Å². The van der Waals surface area contributed by atoms with E-state index in [0.29, 0.717) is 19.4 Å². The van der Waals surface area contributed by atoms with Crippen molar-refractivity contribution >= 4 is 10.0 Å². The maximum absolute atomic E-state index is 11.1. The Balaban J connectivity index is 3.72. The summed E-state index contributed by atoms with van der Waals surface area (Å²) in [6.07, 6.45) is 6.32. The van der Waals surface area contributed by atoms with Gasteiger partial charge in [-0.05, 0) is 20.3 Å². The second-order valence-electron chi connectivity index (χ2n) is 2.80. The van der Waals surface area contributed by atoms with Crippen molar-refractivity contribution in [3.8, 4) is 12.3 Å². The maximum atomic E-state index is 11.1. The number of nitrogens with one attached hydrogen (secondary N) is 1. The molecule has 0 unspecified atom stereocenters. The van der Waals surface area contributed by atoms with Crippen LogP contribution in [0.2, 0.25) is 0 Å². The standard InChI is InChI=1S/C8H15NO2S/c1-4-5-6-7-9-12(10,11)8(2)3/h1,8-9H,5-7H2,2-3H3. The van der Waals surface area contributed by atoms with Crippen LogP contribution in [0, 0.1) is 12.3 Å². The molecule has 0 aromatic rings. The van der Waals surface area contributed by atoms with Crippen molar-refractivity contribution in [3.05, 3.63) is 0 Å². The Kier molecular flexibility index (Phi) is 4.95. The molecule has 0 spiro atoms. The number of terminal acetylenes is 1. The zero-order chi connectivity index (χ0) is 9.61. The van der Waals surface area contributed by atoms with Crippen molar-refractivity contribution in [1.29, 1.82) is 0 Å². The first-order chi connectivity index (χ1) is 5.50. The third-order valence-corrected chi connectivity index (χ3v) is 3.27. The lowest BCUT2D eigenvalue weighted by Crippen LogP contribution is -2.31. The van der Waals surface area contributed by atoms with Gasteiger partial charge in [-0.2, -0.15) is 0 Å². The first-order valence-corrected chi connectivity index (χ1v) is 5.47.